The van der Waals surface area contributed by atoms with E-state index >= 15 is 0 Å². The van der Waals surface area contributed by atoms with Crippen molar-refractivity contribution in [1.82, 2.24) is 0 Å². The molecule has 1 atom stereocenters. The van der Waals surface area contributed by atoms with Crippen molar-refractivity contribution in [2.24, 2.45) is 5.73 Å². The van der Waals surface area contributed by atoms with E-state index in [4.69, 9.17) is 5.73 Å². The van der Waals surface area contributed by atoms with Gasteiger partial charge in [0.2, 0.25) is 0 Å². The number of rotatable bonds is 4. The summed E-state index contributed by atoms with van der Waals surface area (Å²) >= 11 is 0. The lowest BCUT2D eigenvalue weighted by molar-refractivity contribution is 0.0462. The number of nitrogens with two attached hydrogens (primary N) is 1. The lowest BCUT2D eigenvalue weighted by Crippen LogP contribution is -2.37. The molecule has 3 N–H and O–H groups in total. The van der Waals surface area contributed by atoms with Gasteiger partial charge in [-0.25, -0.2) is 4.39 Å². The zero-order chi connectivity index (χ0) is 13.0. The van der Waals surface area contributed by atoms with Crippen LogP contribution in [0.5, 0.6) is 0 Å². The number of hydrogen-bond acceptors (Lipinski definition) is 2. The van der Waals surface area contributed by atoms with Crippen LogP contribution in [0.25, 0.3) is 0 Å². The molecule has 2 rings (SSSR count). The van der Waals surface area contributed by atoms with Gasteiger partial charge in [-0.3, -0.25) is 0 Å². The number of benzene rings is 2. The van der Waals surface area contributed by atoms with E-state index in [1.807, 2.05) is 30.3 Å². The third-order valence-electron chi connectivity index (χ3n) is 3.03. The fraction of sp³-hybridized carbons (Fsp3) is 0.200. The van der Waals surface area contributed by atoms with Gasteiger partial charge in [0.1, 0.15) is 11.4 Å². The molecule has 0 spiro atoms. The Morgan fingerprint density at radius 3 is 2.39 bits per heavy atom. The van der Waals surface area contributed by atoms with Crippen molar-refractivity contribution in [2.75, 3.05) is 6.54 Å². The maximum atomic E-state index is 13.1. The van der Waals surface area contributed by atoms with Crippen LogP contribution >= 0.6 is 0 Å². The van der Waals surface area contributed by atoms with Gasteiger partial charge in [-0.2, -0.15) is 0 Å². The summed E-state index contributed by atoms with van der Waals surface area (Å²) in [5.74, 6) is -0.306. The molecule has 0 bridgehead atoms. The van der Waals surface area contributed by atoms with Crippen LogP contribution in [0.2, 0.25) is 0 Å². The quantitative estimate of drug-likeness (QED) is 0.867. The monoisotopic (exact) mass is 245 g/mol. The molecule has 0 aliphatic rings. The van der Waals surface area contributed by atoms with Crippen molar-refractivity contribution < 1.29 is 9.50 Å². The second-order valence-electron chi connectivity index (χ2n) is 4.41. The van der Waals surface area contributed by atoms with E-state index in [0.29, 0.717) is 6.42 Å². The molecule has 0 amide bonds. The van der Waals surface area contributed by atoms with Crippen molar-refractivity contribution in [3.8, 4) is 0 Å². The third-order valence-corrected chi connectivity index (χ3v) is 3.03. The zero-order valence-corrected chi connectivity index (χ0v) is 10.0. The fourth-order valence-electron chi connectivity index (χ4n) is 2.03. The van der Waals surface area contributed by atoms with Crippen molar-refractivity contribution in [1.29, 1.82) is 0 Å². The fourth-order valence-corrected chi connectivity index (χ4v) is 2.03. The van der Waals surface area contributed by atoms with Crippen LogP contribution in [0.3, 0.4) is 0 Å². The van der Waals surface area contributed by atoms with Gasteiger partial charge in [0.25, 0.3) is 0 Å². The SMILES string of the molecule is NCC(O)(Cc1cccc(F)c1)c1ccccc1. The van der Waals surface area contributed by atoms with Crippen molar-refractivity contribution >= 4 is 0 Å². The highest BCUT2D eigenvalue weighted by molar-refractivity contribution is 5.27. The third kappa shape index (κ3) is 2.75. The van der Waals surface area contributed by atoms with Gasteiger partial charge in [-0.05, 0) is 23.3 Å². The van der Waals surface area contributed by atoms with Crippen LogP contribution in [-0.4, -0.2) is 11.7 Å². The molecule has 18 heavy (non-hydrogen) atoms. The normalized spacial score (nSPS) is 14.2. The molecule has 0 saturated carbocycles. The summed E-state index contributed by atoms with van der Waals surface area (Å²) in [5, 5.41) is 10.6. The highest BCUT2D eigenvalue weighted by atomic mass is 19.1. The van der Waals surface area contributed by atoms with E-state index in [1.54, 1.807) is 12.1 Å². The first-order chi connectivity index (χ1) is 8.64. The topological polar surface area (TPSA) is 46.2 Å². The molecule has 94 valence electrons. The number of aliphatic hydroxyl groups is 1. The Kier molecular flexibility index (Phi) is 3.75. The number of hydrogen-bond donors (Lipinski definition) is 2. The Bertz CT molecular complexity index is 515. The Balaban J connectivity index is 2.29. The predicted molar refractivity (Wildman–Crippen MR) is 69.5 cm³/mol. The predicted octanol–water partition coefficient (Wildman–Crippen LogP) is 2.21. The van der Waals surface area contributed by atoms with Gasteiger partial charge in [-0.15, -0.1) is 0 Å². The van der Waals surface area contributed by atoms with E-state index in [1.165, 1.54) is 12.1 Å². The summed E-state index contributed by atoms with van der Waals surface area (Å²) < 4.78 is 13.1. The molecule has 0 fully saturated rings. The van der Waals surface area contributed by atoms with Crippen LogP contribution in [0, 0.1) is 5.82 Å². The maximum Gasteiger partial charge on any atom is 0.123 e. The number of halogens is 1. The van der Waals surface area contributed by atoms with Crippen molar-refractivity contribution in [2.45, 2.75) is 12.0 Å². The summed E-state index contributed by atoms with van der Waals surface area (Å²) in [6, 6.07) is 15.4. The standard InChI is InChI=1S/C15H16FNO/c16-14-8-4-5-12(9-14)10-15(18,11-17)13-6-2-1-3-7-13/h1-9,18H,10-11,17H2. The first-order valence-electron chi connectivity index (χ1n) is 5.86. The second-order valence-corrected chi connectivity index (χ2v) is 4.41. The second kappa shape index (κ2) is 5.29. The average Bonchev–Trinajstić information content (AvgIpc) is 2.39. The molecular formula is C15H16FNO. The smallest absolute Gasteiger partial charge is 0.123 e. The molecule has 2 aromatic carbocycles. The van der Waals surface area contributed by atoms with Crippen LogP contribution in [0.4, 0.5) is 4.39 Å². The molecule has 0 heterocycles. The molecule has 2 aromatic rings. The van der Waals surface area contributed by atoms with Gasteiger partial charge in [-0.1, -0.05) is 42.5 Å². The summed E-state index contributed by atoms with van der Waals surface area (Å²) in [7, 11) is 0. The van der Waals surface area contributed by atoms with Crippen LogP contribution in [0.15, 0.2) is 54.6 Å². The molecule has 0 aliphatic heterocycles. The molecular weight excluding hydrogens is 229 g/mol. The minimum Gasteiger partial charge on any atom is -0.383 e. The molecule has 0 aliphatic carbocycles. The van der Waals surface area contributed by atoms with E-state index in [9.17, 15) is 9.50 Å². The van der Waals surface area contributed by atoms with Gasteiger partial charge in [0.15, 0.2) is 0 Å². The van der Waals surface area contributed by atoms with E-state index in [-0.39, 0.29) is 12.4 Å². The average molecular weight is 245 g/mol. The minimum absolute atomic E-state index is 0.0908. The highest BCUT2D eigenvalue weighted by Crippen LogP contribution is 2.24. The van der Waals surface area contributed by atoms with Crippen molar-refractivity contribution in [3.05, 3.63) is 71.5 Å². The van der Waals surface area contributed by atoms with Gasteiger partial charge < -0.3 is 10.8 Å². The van der Waals surface area contributed by atoms with Crippen LogP contribution in [-0.2, 0) is 12.0 Å². The highest BCUT2D eigenvalue weighted by Gasteiger charge is 2.27. The lowest BCUT2D eigenvalue weighted by atomic mass is 9.87. The van der Waals surface area contributed by atoms with Crippen molar-refractivity contribution in [3.63, 3.8) is 0 Å². The Morgan fingerprint density at radius 1 is 1.06 bits per heavy atom. The molecule has 0 aromatic heterocycles. The van der Waals surface area contributed by atoms with E-state index < -0.39 is 5.60 Å². The van der Waals surface area contributed by atoms with Crippen LogP contribution in [0.1, 0.15) is 11.1 Å². The summed E-state index contributed by atoms with van der Waals surface area (Å²) in [6.07, 6.45) is 0.297. The molecule has 2 nitrogen and oxygen atoms in total. The van der Waals surface area contributed by atoms with E-state index in [2.05, 4.69) is 0 Å². The van der Waals surface area contributed by atoms with Crippen LogP contribution < -0.4 is 5.73 Å². The summed E-state index contributed by atoms with van der Waals surface area (Å²) in [6.45, 7) is 0.0908. The molecule has 0 saturated heterocycles. The minimum atomic E-state index is -1.16. The zero-order valence-electron chi connectivity index (χ0n) is 10.0. The van der Waals surface area contributed by atoms with Gasteiger partial charge in [0.05, 0.1) is 0 Å². The Morgan fingerprint density at radius 2 is 1.78 bits per heavy atom. The summed E-state index contributed by atoms with van der Waals surface area (Å²) in [5.41, 5.74) is 6.00. The first kappa shape index (κ1) is 12.7. The van der Waals surface area contributed by atoms with E-state index in [0.717, 1.165) is 11.1 Å². The van der Waals surface area contributed by atoms with Gasteiger partial charge >= 0.3 is 0 Å². The Hall–Kier alpha value is -1.71. The molecule has 1 unspecified atom stereocenters. The summed E-state index contributed by atoms with van der Waals surface area (Å²) in [4.78, 5) is 0. The molecule has 3 heteroatoms. The molecule has 0 radical (unpaired) electrons. The van der Waals surface area contributed by atoms with Gasteiger partial charge in [0, 0.05) is 13.0 Å². The lowest BCUT2D eigenvalue weighted by Gasteiger charge is -2.27. The largest absolute Gasteiger partial charge is 0.383 e. The first-order valence-corrected chi connectivity index (χ1v) is 5.86. The maximum absolute atomic E-state index is 13.1. The Labute approximate surface area is 106 Å².